The average molecular weight is 224 g/mol. The molecular formula is C14H28N2. The van der Waals surface area contributed by atoms with Gasteiger partial charge in [0.05, 0.1) is 0 Å². The van der Waals surface area contributed by atoms with Gasteiger partial charge in [0.25, 0.3) is 0 Å². The molecule has 2 nitrogen and oxygen atoms in total. The fourth-order valence-corrected chi connectivity index (χ4v) is 3.24. The molecule has 1 rings (SSSR count). The molecule has 0 radical (unpaired) electrons. The largest absolute Gasteiger partial charge is 0.309 e. The quantitative estimate of drug-likeness (QED) is 0.722. The van der Waals surface area contributed by atoms with Crippen molar-refractivity contribution in [2.75, 3.05) is 20.6 Å². The first-order valence-electron chi connectivity index (χ1n) is 6.60. The molecule has 1 N–H and O–H groups in total. The molecule has 0 heterocycles. The summed E-state index contributed by atoms with van der Waals surface area (Å²) in [5.41, 5.74) is 0.273. The molecule has 0 spiro atoms. The van der Waals surface area contributed by atoms with Crippen LogP contribution in [0.5, 0.6) is 0 Å². The zero-order chi connectivity index (χ0) is 12.2. The Bertz CT molecular complexity index is 225. The minimum atomic E-state index is 0.273. The summed E-state index contributed by atoms with van der Waals surface area (Å²) in [6.45, 7) is 9.58. The number of nitrogens with zero attached hydrogens (tertiary/aromatic N) is 1. The highest BCUT2D eigenvalue weighted by Gasteiger charge is 2.41. The summed E-state index contributed by atoms with van der Waals surface area (Å²) in [5.74, 6) is 0.831. The standard InChI is InChI=1S/C14H28N2/c1-6-13(15-7-2)14(16(4)5)10-8-9-12(3)11-14/h6,12-13,15H,1,7-11H2,2-5H3. The fourth-order valence-electron chi connectivity index (χ4n) is 3.24. The van der Waals surface area contributed by atoms with Crippen molar-refractivity contribution in [2.24, 2.45) is 5.92 Å². The Hall–Kier alpha value is -0.340. The molecule has 1 saturated carbocycles. The second-order valence-electron chi connectivity index (χ2n) is 5.47. The summed E-state index contributed by atoms with van der Waals surface area (Å²) in [7, 11) is 4.43. The Morgan fingerprint density at radius 1 is 1.56 bits per heavy atom. The number of likely N-dealkylation sites (N-methyl/N-ethyl adjacent to an activating group) is 2. The van der Waals surface area contributed by atoms with E-state index in [0.29, 0.717) is 6.04 Å². The van der Waals surface area contributed by atoms with E-state index in [1.165, 1.54) is 25.7 Å². The van der Waals surface area contributed by atoms with E-state index < -0.39 is 0 Å². The summed E-state index contributed by atoms with van der Waals surface area (Å²) in [4.78, 5) is 2.41. The highest BCUT2D eigenvalue weighted by Crippen LogP contribution is 2.38. The number of hydrogen-bond donors (Lipinski definition) is 1. The lowest BCUT2D eigenvalue weighted by molar-refractivity contribution is 0.0531. The first kappa shape index (κ1) is 13.7. The number of hydrogen-bond acceptors (Lipinski definition) is 2. The fraction of sp³-hybridized carbons (Fsp3) is 0.857. The first-order valence-corrected chi connectivity index (χ1v) is 6.60. The minimum absolute atomic E-state index is 0.273. The third kappa shape index (κ3) is 2.67. The predicted octanol–water partition coefficient (Wildman–Crippen LogP) is 2.66. The third-order valence-electron chi connectivity index (χ3n) is 4.14. The van der Waals surface area contributed by atoms with Gasteiger partial charge in [0.15, 0.2) is 0 Å². The lowest BCUT2D eigenvalue weighted by Crippen LogP contribution is -2.60. The molecule has 0 aromatic carbocycles. The molecule has 0 bridgehead atoms. The highest BCUT2D eigenvalue weighted by atomic mass is 15.2. The monoisotopic (exact) mass is 224 g/mol. The van der Waals surface area contributed by atoms with E-state index in [9.17, 15) is 0 Å². The van der Waals surface area contributed by atoms with Gasteiger partial charge in [0.2, 0.25) is 0 Å². The lowest BCUT2D eigenvalue weighted by Gasteiger charge is -2.49. The lowest BCUT2D eigenvalue weighted by atomic mass is 9.71. The van der Waals surface area contributed by atoms with Gasteiger partial charge in [-0.05, 0) is 39.4 Å². The van der Waals surface area contributed by atoms with Gasteiger partial charge in [0.1, 0.15) is 0 Å². The summed E-state index contributed by atoms with van der Waals surface area (Å²) in [6, 6.07) is 0.412. The highest BCUT2D eigenvalue weighted by molar-refractivity contribution is 5.08. The van der Waals surface area contributed by atoms with Gasteiger partial charge in [-0.25, -0.2) is 0 Å². The normalized spacial score (nSPS) is 32.7. The van der Waals surface area contributed by atoms with Crippen molar-refractivity contribution in [2.45, 2.75) is 51.1 Å². The van der Waals surface area contributed by atoms with Crippen molar-refractivity contribution in [1.29, 1.82) is 0 Å². The third-order valence-corrected chi connectivity index (χ3v) is 4.14. The van der Waals surface area contributed by atoms with Gasteiger partial charge in [-0.1, -0.05) is 32.8 Å². The van der Waals surface area contributed by atoms with Crippen LogP contribution in [0.2, 0.25) is 0 Å². The second kappa shape index (κ2) is 5.83. The molecular weight excluding hydrogens is 196 g/mol. The maximum Gasteiger partial charge on any atom is 0.0433 e. The van der Waals surface area contributed by atoms with Crippen LogP contribution in [0.1, 0.15) is 39.5 Å². The maximum absolute atomic E-state index is 4.02. The van der Waals surface area contributed by atoms with Crippen molar-refractivity contribution in [1.82, 2.24) is 10.2 Å². The van der Waals surface area contributed by atoms with Crippen LogP contribution in [0.25, 0.3) is 0 Å². The topological polar surface area (TPSA) is 15.3 Å². The van der Waals surface area contributed by atoms with E-state index in [1.807, 2.05) is 0 Å². The second-order valence-corrected chi connectivity index (χ2v) is 5.47. The molecule has 0 amide bonds. The maximum atomic E-state index is 4.02. The molecule has 0 saturated heterocycles. The predicted molar refractivity (Wildman–Crippen MR) is 71.7 cm³/mol. The number of rotatable bonds is 5. The van der Waals surface area contributed by atoms with Gasteiger partial charge in [-0.15, -0.1) is 6.58 Å². The van der Waals surface area contributed by atoms with Gasteiger partial charge < -0.3 is 10.2 Å². The van der Waals surface area contributed by atoms with Crippen LogP contribution >= 0.6 is 0 Å². The summed E-state index contributed by atoms with van der Waals surface area (Å²) >= 11 is 0. The number of nitrogens with one attached hydrogen (secondary N) is 1. The van der Waals surface area contributed by atoms with Crippen molar-refractivity contribution in [3.8, 4) is 0 Å². The van der Waals surface area contributed by atoms with Gasteiger partial charge >= 0.3 is 0 Å². The SMILES string of the molecule is C=CC(NCC)C1(N(C)C)CCCC(C)C1. The van der Waals surface area contributed by atoms with Gasteiger partial charge in [-0.2, -0.15) is 0 Å². The smallest absolute Gasteiger partial charge is 0.0433 e. The van der Waals surface area contributed by atoms with Crippen molar-refractivity contribution >= 4 is 0 Å². The molecule has 1 fully saturated rings. The summed E-state index contributed by atoms with van der Waals surface area (Å²) < 4.78 is 0. The van der Waals surface area contributed by atoms with Crippen molar-refractivity contribution in [3.05, 3.63) is 12.7 Å². The van der Waals surface area contributed by atoms with Gasteiger partial charge in [0, 0.05) is 11.6 Å². The molecule has 94 valence electrons. The Kier molecular flexibility index (Phi) is 5.00. The Morgan fingerprint density at radius 2 is 2.25 bits per heavy atom. The van der Waals surface area contributed by atoms with Crippen molar-refractivity contribution < 1.29 is 0 Å². The van der Waals surface area contributed by atoms with E-state index in [0.717, 1.165) is 12.5 Å². The van der Waals surface area contributed by atoms with Crippen LogP contribution in [0.4, 0.5) is 0 Å². The Morgan fingerprint density at radius 3 is 2.69 bits per heavy atom. The van der Waals surface area contributed by atoms with Crippen molar-refractivity contribution in [3.63, 3.8) is 0 Å². The summed E-state index contributed by atoms with van der Waals surface area (Å²) in [5, 5.41) is 3.58. The molecule has 3 unspecified atom stereocenters. The molecule has 16 heavy (non-hydrogen) atoms. The molecule has 3 atom stereocenters. The van der Waals surface area contributed by atoms with E-state index >= 15 is 0 Å². The molecule has 2 heteroatoms. The Labute approximate surface area is 101 Å². The molecule has 1 aliphatic carbocycles. The van der Waals surface area contributed by atoms with Crippen LogP contribution in [-0.2, 0) is 0 Å². The average Bonchev–Trinajstić information content (AvgIpc) is 2.25. The Balaban J connectivity index is 2.89. The first-order chi connectivity index (χ1) is 7.56. The van der Waals surface area contributed by atoms with E-state index in [-0.39, 0.29) is 5.54 Å². The van der Waals surface area contributed by atoms with E-state index in [4.69, 9.17) is 0 Å². The van der Waals surface area contributed by atoms with Crippen LogP contribution in [0, 0.1) is 5.92 Å². The molecule has 0 aromatic heterocycles. The zero-order valence-electron chi connectivity index (χ0n) is 11.4. The van der Waals surface area contributed by atoms with E-state index in [2.05, 4.69) is 50.8 Å². The molecule has 1 aliphatic rings. The van der Waals surface area contributed by atoms with Gasteiger partial charge in [-0.3, -0.25) is 0 Å². The van der Waals surface area contributed by atoms with Crippen LogP contribution in [0.15, 0.2) is 12.7 Å². The van der Waals surface area contributed by atoms with E-state index in [1.54, 1.807) is 0 Å². The van der Waals surface area contributed by atoms with Crippen LogP contribution < -0.4 is 5.32 Å². The molecule has 0 aromatic rings. The zero-order valence-corrected chi connectivity index (χ0v) is 11.4. The molecule has 0 aliphatic heterocycles. The van der Waals surface area contributed by atoms with Crippen LogP contribution in [-0.4, -0.2) is 37.1 Å². The summed E-state index contributed by atoms with van der Waals surface area (Å²) in [6.07, 6.45) is 7.39. The van der Waals surface area contributed by atoms with Crippen LogP contribution in [0.3, 0.4) is 0 Å². The minimum Gasteiger partial charge on any atom is -0.309 e.